The van der Waals surface area contributed by atoms with Crippen molar-refractivity contribution in [3.63, 3.8) is 0 Å². The molecule has 0 bridgehead atoms. The summed E-state index contributed by atoms with van der Waals surface area (Å²) in [6, 6.07) is 8.84. The molecule has 23 heavy (non-hydrogen) atoms. The van der Waals surface area contributed by atoms with Gasteiger partial charge in [-0.3, -0.25) is 0 Å². The number of thiophene rings is 1. The van der Waals surface area contributed by atoms with Gasteiger partial charge in [0.25, 0.3) is 0 Å². The van der Waals surface area contributed by atoms with E-state index in [4.69, 9.17) is 4.74 Å². The number of sulfonamides is 1. The number of likely N-dealkylation sites (N-methyl/N-ethyl adjacent to an activating group) is 1. The molecule has 0 fully saturated rings. The van der Waals surface area contributed by atoms with Gasteiger partial charge >= 0.3 is 0 Å². The lowest BCUT2D eigenvalue weighted by Gasteiger charge is -2.23. The van der Waals surface area contributed by atoms with E-state index >= 15 is 0 Å². The number of nitrogens with zero attached hydrogens (tertiary/aromatic N) is 1. The second-order valence-electron chi connectivity index (χ2n) is 5.48. The van der Waals surface area contributed by atoms with Crippen LogP contribution in [0.1, 0.15) is 16.5 Å². The Bertz CT molecular complexity index is 741. The lowest BCUT2D eigenvalue weighted by molar-refractivity contribution is 0.303. The summed E-state index contributed by atoms with van der Waals surface area (Å²) in [6.45, 7) is 2.15. The molecule has 0 radical (unpaired) electrons. The van der Waals surface area contributed by atoms with E-state index in [1.807, 2.05) is 43.4 Å². The summed E-state index contributed by atoms with van der Waals surface area (Å²) in [6.07, 6.45) is 0. The molecule has 0 spiro atoms. The maximum absolute atomic E-state index is 12.5. The maximum Gasteiger partial charge on any atom is 0.240 e. The van der Waals surface area contributed by atoms with Gasteiger partial charge in [-0.15, -0.1) is 11.3 Å². The zero-order chi connectivity index (χ0) is 17.0. The van der Waals surface area contributed by atoms with E-state index in [1.54, 1.807) is 36.6 Å². The van der Waals surface area contributed by atoms with Gasteiger partial charge in [-0.1, -0.05) is 6.07 Å². The van der Waals surface area contributed by atoms with Gasteiger partial charge in [0, 0.05) is 11.4 Å². The predicted octanol–water partition coefficient (Wildman–Crippen LogP) is 2.65. The minimum absolute atomic E-state index is 0.00382. The van der Waals surface area contributed by atoms with E-state index < -0.39 is 10.0 Å². The third-order valence-electron chi connectivity index (χ3n) is 3.64. The molecule has 0 aliphatic carbocycles. The average Bonchev–Trinajstić information content (AvgIpc) is 3.01. The van der Waals surface area contributed by atoms with E-state index in [0.29, 0.717) is 12.3 Å². The molecular weight excluding hydrogens is 332 g/mol. The monoisotopic (exact) mass is 354 g/mol. The fourth-order valence-electron chi connectivity index (χ4n) is 2.31. The largest absolute Gasteiger partial charge is 0.496 e. The van der Waals surface area contributed by atoms with Crippen molar-refractivity contribution in [1.29, 1.82) is 0 Å². The number of hydrogen-bond donors (Lipinski definition) is 1. The number of rotatable bonds is 7. The highest BCUT2D eigenvalue weighted by atomic mass is 32.2. The van der Waals surface area contributed by atoms with Gasteiger partial charge in [0.2, 0.25) is 10.0 Å². The molecule has 1 atom stereocenters. The molecule has 1 aromatic carbocycles. The van der Waals surface area contributed by atoms with Crippen molar-refractivity contribution in [3.8, 4) is 5.75 Å². The van der Waals surface area contributed by atoms with Crippen molar-refractivity contribution in [3.05, 3.63) is 46.2 Å². The Labute approximate surface area is 142 Å². The number of nitrogens with one attached hydrogen (secondary N) is 1. The van der Waals surface area contributed by atoms with Crippen LogP contribution in [0, 0.1) is 6.92 Å². The fraction of sp³-hybridized carbons (Fsp3) is 0.375. The first kappa shape index (κ1) is 17.9. The van der Waals surface area contributed by atoms with E-state index in [1.165, 1.54) is 0 Å². The van der Waals surface area contributed by atoms with Crippen LogP contribution in [-0.2, 0) is 10.0 Å². The van der Waals surface area contributed by atoms with Gasteiger partial charge in [-0.25, -0.2) is 13.1 Å². The van der Waals surface area contributed by atoms with Crippen LogP contribution < -0.4 is 9.46 Å². The second kappa shape index (κ2) is 7.44. The summed E-state index contributed by atoms with van der Waals surface area (Å²) in [5.41, 5.74) is 0.790. The van der Waals surface area contributed by atoms with Crippen LogP contribution in [0.5, 0.6) is 5.75 Å². The summed E-state index contributed by atoms with van der Waals surface area (Å²) in [7, 11) is 1.89. The average molecular weight is 354 g/mol. The molecule has 1 heterocycles. The number of benzene rings is 1. The van der Waals surface area contributed by atoms with E-state index in [0.717, 1.165) is 10.4 Å². The summed E-state index contributed by atoms with van der Waals surface area (Å²) < 4.78 is 32.9. The highest BCUT2D eigenvalue weighted by Gasteiger charge is 2.20. The Morgan fingerprint density at radius 3 is 2.57 bits per heavy atom. The highest BCUT2D eigenvalue weighted by Crippen LogP contribution is 2.24. The molecule has 2 rings (SSSR count). The Kier molecular flexibility index (Phi) is 5.80. The summed E-state index contributed by atoms with van der Waals surface area (Å²) >= 11 is 1.62. The van der Waals surface area contributed by atoms with Gasteiger partial charge < -0.3 is 9.64 Å². The first-order valence-corrected chi connectivity index (χ1v) is 9.55. The van der Waals surface area contributed by atoms with Gasteiger partial charge in [0.1, 0.15) is 5.75 Å². The molecular formula is C16H22N2O3S2. The van der Waals surface area contributed by atoms with Crippen molar-refractivity contribution in [2.75, 3.05) is 27.7 Å². The van der Waals surface area contributed by atoms with Crippen molar-refractivity contribution < 1.29 is 13.2 Å². The maximum atomic E-state index is 12.5. The third-order valence-corrected chi connectivity index (χ3v) is 6.03. The minimum atomic E-state index is -3.56. The molecule has 2 aromatic rings. The standard InChI is InChI=1S/C16H22N2O3S2/c1-12-10-13(7-8-15(12)21-4)23(19,20)17-11-14(18(2)3)16-6-5-9-22-16/h5-10,14,17H,11H2,1-4H3/t14-/m1/s1. The van der Waals surface area contributed by atoms with Crippen LogP contribution in [0.4, 0.5) is 0 Å². The first-order chi connectivity index (χ1) is 10.8. The van der Waals surface area contributed by atoms with Crippen molar-refractivity contribution in [2.45, 2.75) is 17.9 Å². The van der Waals surface area contributed by atoms with Gasteiger partial charge in [0.05, 0.1) is 18.0 Å². The highest BCUT2D eigenvalue weighted by molar-refractivity contribution is 7.89. The Morgan fingerprint density at radius 2 is 2.04 bits per heavy atom. The SMILES string of the molecule is COc1ccc(S(=O)(=O)NC[C@H](c2cccs2)N(C)C)cc1C. The van der Waals surface area contributed by atoms with E-state index in [2.05, 4.69) is 4.72 Å². The summed E-state index contributed by atoms with van der Waals surface area (Å²) in [5, 5.41) is 1.99. The lowest BCUT2D eigenvalue weighted by Crippen LogP contribution is -2.34. The molecule has 0 unspecified atom stereocenters. The number of methoxy groups -OCH3 is 1. The summed E-state index contributed by atoms with van der Waals surface area (Å²) in [5.74, 6) is 0.675. The van der Waals surface area contributed by atoms with Gasteiger partial charge in [-0.05, 0) is 56.2 Å². The second-order valence-corrected chi connectivity index (χ2v) is 8.22. The number of ether oxygens (including phenoxy) is 1. The van der Waals surface area contributed by atoms with E-state index in [-0.39, 0.29) is 10.9 Å². The fourth-order valence-corrected chi connectivity index (χ4v) is 4.35. The zero-order valence-electron chi connectivity index (χ0n) is 13.7. The smallest absolute Gasteiger partial charge is 0.240 e. The molecule has 5 nitrogen and oxygen atoms in total. The molecule has 7 heteroatoms. The van der Waals surface area contributed by atoms with Gasteiger partial charge in [-0.2, -0.15) is 0 Å². The molecule has 1 aromatic heterocycles. The van der Waals surface area contributed by atoms with Crippen LogP contribution >= 0.6 is 11.3 Å². The quantitative estimate of drug-likeness (QED) is 0.830. The van der Waals surface area contributed by atoms with Crippen LogP contribution in [-0.4, -0.2) is 41.1 Å². The Balaban J connectivity index is 2.16. The molecule has 0 amide bonds. The number of aryl methyl sites for hydroxylation is 1. The topological polar surface area (TPSA) is 58.6 Å². The Morgan fingerprint density at radius 1 is 1.30 bits per heavy atom. The zero-order valence-corrected chi connectivity index (χ0v) is 15.4. The van der Waals surface area contributed by atoms with Crippen LogP contribution in [0.15, 0.2) is 40.6 Å². The molecule has 0 aliphatic rings. The van der Waals surface area contributed by atoms with Crippen LogP contribution in [0.25, 0.3) is 0 Å². The summed E-state index contributed by atoms with van der Waals surface area (Å²) in [4.78, 5) is 3.39. The van der Waals surface area contributed by atoms with Crippen molar-refractivity contribution in [1.82, 2.24) is 9.62 Å². The first-order valence-electron chi connectivity index (χ1n) is 7.19. The van der Waals surface area contributed by atoms with Crippen molar-refractivity contribution >= 4 is 21.4 Å². The van der Waals surface area contributed by atoms with Crippen LogP contribution in [0.2, 0.25) is 0 Å². The van der Waals surface area contributed by atoms with Crippen LogP contribution in [0.3, 0.4) is 0 Å². The van der Waals surface area contributed by atoms with Crippen molar-refractivity contribution in [2.24, 2.45) is 0 Å². The third kappa shape index (κ3) is 4.32. The normalized spacial score (nSPS) is 13.3. The Hall–Kier alpha value is -1.41. The molecule has 1 N–H and O–H groups in total. The van der Waals surface area contributed by atoms with E-state index in [9.17, 15) is 8.42 Å². The number of hydrogen-bond acceptors (Lipinski definition) is 5. The minimum Gasteiger partial charge on any atom is -0.496 e. The molecule has 0 saturated carbocycles. The molecule has 0 saturated heterocycles. The molecule has 0 aliphatic heterocycles. The predicted molar refractivity (Wildman–Crippen MR) is 93.7 cm³/mol. The van der Waals surface area contributed by atoms with Gasteiger partial charge in [0.15, 0.2) is 0 Å². The molecule has 126 valence electrons. The lowest BCUT2D eigenvalue weighted by atomic mass is 10.2.